The minimum Gasteiger partial charge on any atom is -0.247 e. The molecule has 1 heteroatoms. The lowest BCUT2D eigenvalue weighted by molar-refractivity contribution is 0.550. The molecule has 1 aromatic heterocycles. The standard InChI is InChI=1S/C55H41N/c1-54(2)46-26-11-13-28-48(46)55(49-29-14-12-27-47(49)54)45-32-31-39(42-24-15-22-36-17-9-10-23-41(36)42)33-44(45)53-43(25-16-30-50(53)55)40-34-51(37-18-5-3-6-19-37)56-52(35-40)38-20-7-4-8-21-38/h3-7,10-16,18-20,22-30,33-35H,9,17,31-32H2,1-2H3. The first kappa shape index (κ1) is 32.9. The van der Waals surface area contributed by atoms with Crippen LogP contribution in [0, 0.1) is 12.1 Å². The molecular weight excluding hydrogens is 675 g/mol. The molecule has 0 N–H and O–H groups in total. The molecule has 266 valence electrons. The van der Waals surface area contributed by atoms with E-state index in [0.29, 0.717) is 0 Å². The normalized spacial score (nSPS) is 16.6. The van der Waals surface area contributed by atoms with E-state index in [2.05, 4.69) is 178 Å². The van der Waals surface area contributed by atoms with Crippen molar-refractivity contribution in [2.75, 3.05) is 0 Å². The van der Waals surface area contributed by atoms with Crippen LogP contribution in [0.3, 0.4) is 0 Å². The Kier molecular flexibility index (Phi) is 7.36. The predicted octanol–water partition coefficient (Wildman–Crippen LogP) is 13.3. The van der Waals surface area contributed by atoms with Gasteiger partial charge in [0, 0.05) is 11.0 Å². The fourth-order valence-electron chi connectivity index (χ4n) is 10.6. The molecule has 0 amide bonds. The maximum Gasteiger partial charge on any atom is 0.0799 e. The summed E-state index contributed by atoms with van der Waals surface area (Å²) in [5, 5.41) is 0. The van der Waals surface area contributed by atoms with Crippen LogP contribution >= 0.6 is 0 Å². The first-order chi connectivity index (χ1) is 27.5. The van der Waals surface area contributed by atoms with Gasteiger partial charge in [-0.1, -0.05) is 166 Å². The molecule has 7 aromatic rings. The topological polar surface area (TPSA) is 12.9 Å². The van der Waals surface area contributed by atoms with Gasteiger partial charge in [0.05, 0.1) is 22.4 Å². The molecule has 0 atom stereocenters. The van der Waals surface area contributed by atoms with Gasteiger partial charge in [-0.3, -0.25) is 0 Å². The fourth-order valence-corrected chi connectivity index (χ4v) is 10.6. The monoisotopic (exact) mass is 715 g/mol. The Hall–Kier alpha value is -6.49. The van der Waals surface area contributed by atoms with Gasteiger partial charge in [0.1, 0.15) is 0 Å². The highest BCUT2D eigenvalue weighted by molar-refractivity contribution is 6.02. The van der Waals surface area contributed by atoms with Crippen molar-refractivity contribution in [1.29, 1.82) is 0 Å². The number of rotatable bonds is 4. The summed E-state index contributed by atoms with van der Waals surface area (Å²) in [4.78, 5) is 5.24. The minimum atomic E-state index is -0.415. The Morgan fingerprint density at radius 1 is 0.589 bits per heavy atom. The summed E-state index contributed by atoms with van der Waals surface area (Å²) in [7, 11) is 0. The summed E-state index contributed by atoms with van der Waals surface area (Å²) < 4.78 is 0. The van der Waals surface area contributed by atoms with Gasteiger partial charge >= 0.3 is 0 Å². The van der Waals surface area contributed by atoms with E-state index in [-0.39, 0.29) is 5.41 Å². The fraction of sp³-hybridized carbons (Fsp3) is 0.145. The molecule has 0 bridgehead atoms. The van der Waals surface area contributed by atoms with Crippen molar-refractivity contribution < 1.29 is 0 Å². The van der Waals surface area contributed by atoms with Crippen molar-refractivity contribution in [3.05, 3.63) is 226 Å². The second-order valence-electron chi connectivity index (χ2n) is 16.3. The van der Waals surface area contributed by atoms with Gasteiger partial charge in [0.15, 0.2) is 0 Å². The van der Waals surface area contributed by atoms with Crippen LogP contribution in [-0.4, -0.2) is 4.98 Å². The van der Waals surface area contributed by atoms with E-state index >= 15 is 0 Å². The van der Waals surface area contributed by atoms with Gasteiger partial charge in [-0.05, 0) is 128 Å². The van der Waals surface area contributed by atoms with E-state index in [9.17, 15) is 0 Å². The molecule has 0 unspecified atom stereocenters. The second-order valence-corrected chi connectivity index (χ2v) is 16.3. The Labute approximate surface area is 330 Å². The number of benzene rings is 5. The summed E-state index contributed by atoms with van der Waals surface area (Å²) in [5.41, 5.74) is 22.6. The number of hydrogen-bond acceptors (Lipinski definition) is 1. The minimum absolute atomic E-state index is 0.140. The highest BCUT2D eigenvalue weighted by Gasteiger charge is 2.54. The third-order valence-corrected chi connectivity index (χ3v) is 13.0. The van der Waals surface area contributed by atoms with Crippen molar-refractivity contribution in [3.63, 3.8) is 0 Å². The summed E-state index contributed by atoms with van der Waals surface area (Å²) in [5.74, 6) is 0. The maximum absolute atomic E-state index is 5.24. The summed E-state index contributed by atoms with van der Waals surface area (Å²) in [6, 6.07) is 60.3. The molecule has 0 fully saturated rings. The summed E-state index contributed by atoms with van der Waals surface area (Å²) in [6.07, 6.45) is 11.5. The third kappa shape index (κ3) is 4.72. The first-order valence-corrected chi connectivity index (χ1v) is 20.1. The number of nitrogens with zero attached hydrogens (tertiary/aromatic N) is 1. The van der Waals surface area contributed by atoms with Crippen molar-refractivity contribution in [2.24, 2.45) is 0 Å². The average Bonchev–Trinajstić information content (AvgIpc) is 3.56. The molecule has 1 heterocycles. The van der Waals surface area contributed by atoms with Crippen molar-refractivity contribution >= 4 is 17.2 Å². The van der Waals surface area contributed by atoms with E-state index < -0.39 is 5.41 Å². The van der Waals surface area contributed by atoms with Crippen LogP contribution in [0.2, 0.25) is 0 Å². The SMILES string of the molecule is CC1(C)c2ccccc2C2(C3=C(C=C(c4cccc5c4C=CCC5)CC3)c3c(-c4cc(-c5c#cccc5)nc(-c5ccccc5)c4)cccc32)c2ccccc21. The van der Waals surface area contributed by atoms with Crippen molar-refractivity contribution in [2.45, 2.75) is 50.4 Å². The van der Waals surface area contributed by atoms with Crippen LogP contribution in [0.1, 0.15) is 83.2 Å². The van der Waals surface area contributed by atoms with Crippen LogP contribution < -0.4 is 0 Å². The molecule has 1 nitrogen and oxygen atoms in total. The van der Waals surface area contributed by atoms with Crippen LogP contribution in [0.15, 0.2) is 163 Å². The predicted molar refractivity (Wildman–Crippen MR) is 231 cm³/mol. The molecule has 6 aromatic carbocycles. The molecule has 4 aliphatic carbocycles. The zero-order valence-corrected chi connectivity index (χ0v) is 31.9. The number of aromatic nitrogens is 1. The van der Waals surface area contributed by atoms with Gasteiger partial charge in [-0.15, -0.1) is 0 Å². The Morgan fingerprint density at radius 2 is 1.29 bits per heavy atom. The summed E-state index contributed by atoms with van der Waals surface area (Å²) in [6.45, 7) is 4.82. The molecule has 11 rings (SSSR count). The van der Waals surface area contributed by atoms with E-state index in [0.717, 1.165) is 53.8 Å². The number of allylic oxidation sites excluding steroid dienone is 5. The Morgan fingerprint density at radius 3 is 2.05 bits per heavy atom. The van der Waals surface area contributed by atoms with Gasteiger partial charge in [0.25, 0.3) is 0 Å². The van der Waals surface area contributed by atoms with E-state index in [1.807, 2.05) is 12.1 Å². The van der Waals surface area contributed by atoms with Gasteiger partial charge in [0.2, 0.25) is 0 Å². The lowest BCUT2D eigenvalue weighted by Gasteiger charge is -2.48. The Balaban J connectivity index is 1.24. The van der Waals surface area contributed by atoms with Crippen LogP contribution in [-0.2, 0) is 17.3 Å². The van der Waals surface area contributed by atoms with Gasteiger partial charge in [-0.25, -0.2) is 4.98 Å². The second kappa shape index (κ2) is 12.5. The lowest BCUT2D eigenvalue weighted by Crippen LogP contribution is -2.41. The average molecular weight is 716 g/mol. The highest BCUT2D eigenvalue weighted by atomic mass is 14.7. The zero-order chi connectivity index (χ0) is 37.4. The van der Waals surface area contributed by atoms with Crippen molar-refractivity contribution in [3.8, 4) is 33.6 Å². The summed E-state index contributed by atoms with van der Waals surface area (Å²) >= 11 is 0. The van der Waals surface area contributed by atoms with Crippen molar-refractivity contribution in [1.82, 2.24) is 4.98 Å². The van der Waals surface area contributed by atoms with Gasteiger partial charge < -0.3 is 0 Å². The molecule has 56 heavy (non-hydrogen) atoms. The molecular formula is C55H41N. The van der Waals surface area contributed by atoms with E-state index in [1.54, 1.807) is 0 Å². The first-order valence-electron chi connectivity index (χ1n) is 20.1. The molecule has 4 aliphatic rings. The van der Waals surface area contributed by atoms with Crippen LogP contribution in [0.5, 0.6) is 0 Å². The molecule has 0 saturated heterocycles. The molecule has 0 aliphatic heterocycles. The number of aryl methyl sites for hydroxylation is 1. The van der Waals surface area contributed by atoms with Crippen LogP contribution in [0.4, 0.5) is 0 Å². The Bertz CT molecular complexity index is 2700. The number of hydrogen-bond donors (Lipinski definition) is 0. The highest BCUT2D eigenvalue weighted by Crippen LogP contribution is 2.64. The van der Waals surface area contributed by atoms with Crippen LogP contribution in [0.25, 0.3) is 50.9 Å². The maximum atomic E-state index is 5.24. The third-order valence-electron chi connectivity index (χ3n) is 13.0. The number of fused-ring (bicyclic) bond motifs is 9. The molecule has 0 saturated carbocycles. The quantitative estimate of drug-likeness (QED) is 0.177. The lowest BCUT2D eigenvalue weighted by atomic mass is 9.54. The largest absolute Gasteiger partial charge is 0.247 e. The number of pyridine rings is 1. The molecule has 0 radical (unpaired) electrons. The van der Waals surface area contributed by atoms with E-state index in [4.69, 9.17) is 4.98 Å². The molecule has 1 spiro atoms. The smallest absolute Gasteiger partial charge is 0.0799 e. The van der Waals surface area contributed by atoms with Gasteiger partial charge in [-0.2, -0.15) is 0 Å². The van der Waals surface area contributed by atoms with E-state index in [1.165, 1.54) is 72.4 Å². The zero-order valence-electron chi connectivity index (χ0n) is 31.9.